The van der Waals surface area contributed by atoms with E-state index in [2.05, 4.69) is 10.3 Å². The zero-order chi connectivity index (χ0) is 8.97. The number of pyridine rings is 1. The number of carbonyl (C=O) groups excluding carboxylic acids is 1. The number of nitrogens with zero attached hydrogens (tertiary/aromatic N) is 1. The first kappa shape index (κ1) is 9.63. The van der Waals surface area contributed by atoms with Crippen LogP contribution in [0.15, 0.2) is 18.3 Å². The van der Waals surface area contributed by atoms with Crippen molar-refractivity contribution in [1.82, 2.24) is 10.3 Å². The molecule has 3 nitrogen and oxygen atoms in total. The van der Waals surface area contributed by atoms with Crippen LogP contribution in [0.3, 0.4) is 0 Å². The Morgan fingerprint density at radius 3 is 3.08 bits per heavy atom. The van der Waals surface area contributed by atoms with Crippen molar-refractivity contribution in [1.29, 1.82) is 0 Å². The van der Waals surface area contributed by atoms with E-state index >= 15 is 0 Å². The number of aromatic nitrogens is 1. The first-order valence-electron chi connectivity index (χ1n) is 3.60. The minimum atomic E-state index is -0.0180. The zero-order valence-corrected chi connectivity index (χ0v) is 10.7. The van der Waals surface area contributed by atoms with Crippen molar-refractivity contribution < 1.29 is 4.79 Å². The summed E-state index contributed by atoms with van der Waals surface area (Å²) in [7, 11) is 0. The van der Waals surface area contributed by atoms with E-state index in [9.17, 15) is 4.79 Å². The number of carbonyl (C=O) groups is 1. The van der Waals surface area contributed by atoms with Gasteiger partial charge in [-0.25, -0.2) is 0 Å². The second-order valence-electron chi connectivity index (χ2n) is 2.32. The molecule has 0 saturated carbocycles. The van der Waals surface area contributed by atoms with Crippen LogP contribution in [-0.4, -0.2) is 40.8 Å². The third-order valence-electron chi connectivity index (χ3n) is 1.50. The van der Waals surface area contributed by atoms with Gasteiger partial charge in [0.2, 0.25) is 0 Å². The topological polar surface area (TPSA) is 42.0 Å². The summed E-state index contributed by atoms with van der Waals surface area (Å²) in [6.45, 7) is 1.84. The maximum atomic E-state index is 11.3. The first-order valence-corrected chi connectivity index (χ1v) is 6.35. The van der Waals surface area contributed by atoms with Crippen LogP contribution in [0.4, 0.5) is 0 Å². The molecule has 3 radical (unpaired) electrons. The minimum absolute atomic E-state index is 0.0180. The molecule has 0 bridgehead atoms. The summed E-state index contributed by atoms with van der Waals surface area (Å²) in [5.74, 6) is -0.0180. The van der Waals surface area contributed by atoms with Gasteiger partial charge in [0.1, 0.15) is 0 Å². The van der Waals surface area contributed by atoms with Crippen LogP contribution in [0.2, 0.25) is 0 Å². The Hall–Kier alpha value is -0.458. The molecule has 0 saturated heterocycles. The van der Waals surface area contributed by atoms with Gasteiger partial charge in [0.25, 0.3) is 0 Å². The van der Waals surface area contributed by atoms with E-state index in [0.717, 1.165) is 35.6 Å². The summed E-state index contributed by atoms with van der Waals surface area (Å²) in [6, 6.07) is 3.56. The fraction of sp³-hybridized carbons (Fsp3) is 0.250. The van der Waals surface area contributed by atoms with E-state index in [1.54, 1.807) is 18.3 Å². The number of hydrogen-bond donors (Lipinski definition) is 1. The Bertz CT molecular complexity index is 288. The fourth-order valence-corrected chi connectivity index (χ4v) is 1.52. The first-order chi connectivity index (χ1) is 5.75. The molecule has 0 aliphatic carbocycles. The van der Waals surface area contributed by atoms with E-state index in [-0.39, 0.29) is 5.91 Å². The van der Waals surface area contributed by atoms with E-state index in [0.29, 0.717) is 5.56 Å². The molecule has 61 valence electrons. The molecule has 0 aromatic carbocycles. The van der Waals surface area contributed by atoms with Crippen molar-refractivity contribution in [3.63, 3.8) is 0 Å². The normalized spacial score (nSPS) is 9.50. The van der Waals surface area contributed by atoms with E-state index in [1.807, 2.05) is 6.92 Å². The van der Waals surface area contributed by atoms with Gasteiger partial charge in [-0.2, -0.15) is 0 Å². The van der Waals surface area contributed by atoms with Crippen LogP contribution in [0.1, 0.15) is 16.1 Å². The summed E-state index contributed by atoms with van der Waals surface area (Å²) in [5, 5.41) is 2.79. The molecule has 1 heterocycles. The Kier molecular flexibility index (Phi) is 3.64. The summed E-state index contributed by atoms with van der Waals surface area (Å²) >= 11 is 0.984. The van der Waals surface area contributed by atoms with Gasteiger partial charge in [0.05, 0.1) is 0 Å². The molecule has 0 fully saturated rings. The molecular weight excluding hydrogens is 347 g/mol. The van der Waals surface area contributed by atoms with Crippen molar-refractivity contribution in [2.24, 2.45) is 0 Å². The SMILES string of the molecule is Cc1ncccc1C(=O)N[CH2][Pb]. The predicted molar refractivity (Wildman–Crippen MR) is 47.1 cm³/mol. The Balaban J connectivity index is 2.87. The molecule has 0 aliphatic heterocycles. The van der Waals surface area contributed by atoms with Crippen LogP contribution in [-0.2, 0) is 0 Å². The monoisotopic (exact) mass is 357 g/mol. The number of amides is 1. The number of hydrogen-bond acceptors (Lipinski definition) is 2. The Morgan fingerprint density at radius 2 is 2.50 bits per heavy atom. The van der Waals surface area contributed by atoms with Crippen molar-refractivity contribution in [2.45, 2.75) is 6.92 Å². The van der Waals surface area contributed by atoms with Gasteiger partial charge in [0, 0.05) is 0 Å². The number of rotatable bonds is 2. The second kappa shape index (κ2) is 4.54. The van der Waals surface area contributed by atoms with E-state index < -0.39 is 0 Å². The van der Waals surface area contributed by atoms with Crippen LogP contribution >= 0.6 is 0 Å². The van der Waals surface area contributed by atoms with Gasteiger partial charge >= 0.3 is 87.4 Å². The van der Waals surface area contributed by atoms with Crippen LogP contribution in [0.5, 0.6) is 0 Å². The molecule has 1 aromatic heterocycles. The molecule has 1 aromatic rings. The fourth-order valence-electron chi connectivity index (χ4n) is 0.900. The molecule has 0 aliphatic rings. The zero-order valence-electron chi connectivity index (χ0n) is 6.79. The molecular formula is C8H9N2OPb. The Morgan fingerprint density at radius 1 is 1.75 bits per heavy atom. The quantitative estimate of drug-likeness (QED) is 0.772. The molecule has 1 rings (SSSR count). The molecule has 0 unspecified atom stereocenters. The van der Waals surface area contributed by atoms with Gasteiger partial charge in [-0.15, -0.1) is 0 Å². The van der Waals surface area contributed by atoms with Crippen molar-refractivity contribution in [3.05, 3.63) is 29.6 Å². The maximum absolute atomic E-state index is 11.3. The molecule has 4 heteroatoms. The van der Waals surface area contributed by atoms with Gasteiger partial charge in [-0.3, -0.25) is 0 Å². The van der Waals surface area contributed by atoms with Gasteiger partial charge < -0.3 is 0 Å². The van der Waals surface area contributed by atoms with Gasteiger partial charge in [-0.1, -0.05) is 0 Å². The van der Waals surface area contributed by atoms with E-state index in [1.165, 1.54) is 0 Å². The van der Waals surface area contributed by atoms with Gasteiger partial charge in [0.15, 0.2) is 0 Å². The summed E-state index contributed by atoms with van der Waals surface area (Å²) in [4.78, 5) is 15.4. The van der Waals surface area contributed by atoms with Gasteiger partial charge in [-0.05, 0) is 0 Å². The molecule has 0 atom stereocenters. The molecule has 12 heavy (non-hydrogen) atoms. The van der Waals surface area contributed by atoms with E-state index in [4.69, 9.17) is 0 Å². The van der Waals surface area contributed by atoms with Crippen LogP contribution in [0, 0.1) is 6.92 Å². The molecule has 1 N–H and O–H groups in total. The number of nitrogens with one attached hydrogen (secondary N) is 1. The van der Waals surface area contributed by atoms with Crippen molar-refractivity contribution in [3.8, 4) is 0 Å². The molecule has 1 amide bonds. The molecule has 0 spiro atoms. The predicted octanol–water partition coefficient (Wildman–Crippen LogP) is 0.246. The summed E-state index contributed by atoms with van der Waals surface area (Å²) in [6.07, 6.45) is 1.69. The van der Waals surface area contributed by atoms with Crippen LogP contribution < -0.4 is 5.32 Å². The van der Waals surface area contributed by atoms with Crippen molar-refractivity contribution in [2.75, 3.05) is 4.10 Å². The Labute approximate surface area is 87.3 Å². The summed E-state index contributed by atoms with van der Waals surface area (Å²) in [5.41, 5.74) is 1.46. The standard InChI is InChI=1S/C8H9N2O.Pb/c1-6-7(8(11)9-2)4-3-5-10-6;/h3-5H,2H2,1H3,(H,9,11);. The second-order valence-corrected chi connectivity index (χ2v) is 3.69. The summed E-state index contributed by atoms with van der Waals surface area (Å²) < 4.78 is 0.785. The average Bonchev–Trinajstić information content (AvgIpc) is 2.05. The van der Waals surface area contributed by atoms with Crippen LogP contribution in [0.25, 0.3) is 0 Å². The average molecular weight is 356 g/mol. The number of aryl methyl sites for hydroxylation is 1. The third-order valence-corrected chi connectivity index (χ3v) is 2.19. The third kappa shape index (κ3) is 2.26. The van der Waals surface area contributed by atoms with Crippen molar-refractivity contribution >= 4 is 31.7 Å².